The van der Waals surface area contributed by atoms with Crippen molar-refractivity contribution < 1.29 is 9.59 Å². The second kappa shape index (κ2) is 5.24. The van der Waals surface area contributed by atoms with Gasteiger partial charge >= 0.3 is 0 Å². The number of fused-ring (bicyclic) bond motifs is 3. The van der Waals surface area contributed by atoms with E-state index in [2.05, 4.69) is 17.1 Å². The number of nitrogens with zero attached hydrogens (tertiary/aromatic N) is 2. The monoisotopic (exact) mass is 285 g/mol. The van der Waals surface area contributed by atoms with Gasteiger partial charge < -0.3 is 14.8 Å². The number of H-pyrrole nitrogens is 1. The van der Waals surface area contributed by atoms with E-state index in [9.17, 15) is 9.59 Å². The first-order chi connectivity index (χ1) is 10.1. The standard InChI is InChI=1S/C16H19N3O2/c1-11-7-15-13(12-5-3-4-6-14(12)17-15)8-19(11)16(21)9-18(2)10-20/h3-6,10-11,17H,7-9H2,1-2H3/t11-/m0/s1. The molecule has 0 aliphatic carbocycles. The van der Waals surface area contributed by atoms with Crippen LogP contribution in [0.5, 0.6) is 0 Å². The lowest BCUT2D eigenvalue weighted by atomic mass is 9.99. The molecule has 110 valence electrons. The molecule has 2 amide bonds. The van der Waals surface area contributed by atoms with Gasteiger partial charge in [0.15, 0.2) is 0 Å². The predicted molar refractivity (Wildman–Crippen MR) is 80.7 cm³/mol. The zero-order valence-electron chi connectivity index (χ0n) is 12.3. The molecule has 1 aromatic carbocycles. The number of hydrogen-bond acceptors (Lipinski definition) is 2. The Hall–Kier alpha value is -2.30. The van der Waals surface area contributed by atoms with Crippen LogP contribution in [0.2, 0.25) is 0 Å². The molecule has 0 spiro atoms. The van der Waals surface area contributed by atoms with Gasteiger partial charge in [-0.3, -0.25) is 9.59 Å². The minimum atomic E-state index is -0.00645. The highest BCUT2D eigenvalue weighted by molar-refractivity contribution is 5.86. The maximum absolute atomic E-state index is 12.4. The fourth-order valence-electron chi connectivity index (χ4n) is 3.02. The summed E-state index contributed by atoms with van der Waals surface area (Å²) >= 11 is 0. The molecule has 0 saturated heterocycles. The zero-order valence-corrected chi connectivity index (χ0v) is 12.3. The zero-order chi connectivity index (χ0) is 15.0. The molecule has 0 radical (unpaired) electrons. The van der Waals surface area contributed by atoms with Crippen LogP contribution in [0.25, 0.3) is 10.9 Å². The van der Waals surface area contributed by atoms with Crippen LogP contribution in [0.4, 0.5) is 0 Å². The van der Waals surface area contributed by atoms with Gasteiger partial charge in [0, 0.05) is 48.2 Å². The summed E-state index contributed by atoms with van der Waals surface area (Å²) in [6.45, 7) is 2.78. The normalized spacial score (nSPS) is 17.6. The third-order valence-corrected chi connectivity index (χ3v) is 4.15. The van der Waals surface area contributed by atoms with Gasteiger partial charge in [0.05, 0.1) is 6.54 Å². The number of nitrogens with one attached hydrogen (secondary N) is 1. The largest absolute Gasteiger partial charge is 0.358 e. The van der Waals surface area contributed by atoms with E-state index in [1.807, 2.05) is 24.0 Å². The van der Waals surface area contributed by atoms with Crippen LogP contribution in [-0.2, 0) is 22.6 Å². The van der Waals surface area contributed by atoms with E-state index in [-0.39, 0.29) is 18.5 Å². The summed E-state index contributed by atoms with van der Waals surface area (Å²) in [6, 6.07) is 8.31. The summed E-state index contributed by atoms with van der Waals surface area (Å²) in [5, 5.41) is 1.18. The van der Waals surface area contributed by atoms with E-state index in [1.54, 1.807) is 7.05 Å². The van der Waals surface area contributed by atoms with Gasteiger partial charge in [0.25, 0.3) is 0 Å². The lowest BCUT2D eigenvalue weighted by Crippen LogP contribution is -2.46. The lowest BCUT2D eigenvalue weighted by Gasteiger charge is -2.34. The Morgan fingerprint density at radius 3 is 3.00 bits per heavy atom. The molecule has 1 aliphatic rings. The number of aromatic amines is 1. The molecule has 0 saturated carbocycles. The molecule has 1 N–H and O–H groups in total. The fraction of sp³-hybridized carbons (Fsp3) is 0.375. The maximum atomic E-state index is 12.4. The van der Waals surface area contributed by atoms with Gasteiger partial charge in [-0.1, -0.05) is 18.2 Å². The molecule has 5 heteroatoms. The Morgan fingerprint density at radius 2 is 2.24 bits per heavy atom. The number of hydrogen-bond donors (Lipinski definition) is 1. The minimum Gasteiger partial charge on any atom is -0.358 e. The van der Waals surface area contributed by atoms with Crippen molar-refractivity contribution >= 4 is 23.2 Å². The van der Waals surface area contributed by atoms with Crippen LogP contribution in [0.15, 0.2) is 24.3 Å². The predicted octanol–water partition coefficient (Wildman–Crippen LogP) is 1.53. The molecule has 5 nitrogen and oxygen atoms in total. The molecule has 2 aromatic rings. The van der Waals surface area contributed by atoms with E-state index in [4.69, 9.17) is 0 Å². The SMILES string of the molecule is C[C@H]1Cc2[nH]c3ccccc3c2CN1C(=O)CN(C)C=O. The highest BCUT2D eigenvalue weighted by Crippen LogP contribution is 2.30. The van der Waals surface area contributed by atoms with Gasteiger partial charge in [-0.25, -0.2) is 0 Å². The molecule has 1 aromatic heterocycles. The van der Waals surface area contributed by atoms with Crippen molar-refractivity contribution in [2.45, 2.75) is 25.9 Å². The molecule has 1 atom stereocenters. The third kappa shape index (κ3) is 2.39. The van der Waals surface area contributed by atoms with Crippen molar-refractivity contribution in [3.8, 4) is 0 Å². The van der Waals surface area contributed by atoms with Crippen molar-refractivity contribution in [2.24, 2.45) is 0 Å². The number of amides is 2. The van der Waals surface area contributed by atoms with E-state index in [0.717, 1.165) is 11.9 Å². The fourth-order valence-corrected chi connectivity index (χ4v) is 3.02. The van der Waals surface area contributed by atoms with Gasteiger partial charge in [-0.15, -0.1) is 0 Å². The van der Waals surface area contributed by atoms with Gasteiger partial charge in [0.2, 0.25) is 12.3 Å². The quantitative estimate of drug-likeness (QED) is 0.870. The summed E-state index contributed by atoms with van der Waals surface area (Å²) in [5.74, 6) is -0.00645. The topological polar surface area (TPSA) is 56.4 Å². The molecular weight excluding hydrogens is 266 g/mol. The molecule has 1 aliphatic heterocycles. The second-order valence-electron chi connectivity index (χ2n) is 5.72. The number of likely N-dealkylation sites (N-methyl/N-ethyl adjacent to an activating group) is 1. The van der Waals surface area contributed by atoms with E-state index < -0.39 is 0 Å². The average molecular weight is 285 g/mol. The van der Waals surface area contributed by atoms with Crippen LogP contribution < -0.4 is 0 Å². The Bertz CT molecular complexity index is 692. The maximum Gasteiger partial charge on any atom is 0.242 e. The van der Waals surface area contributed by atoms with Crippen LogP contribution in [-0.4, -0.2) is 46.7 Å². The van der Waals surface area contributed by atoms with Gasteiger partial charge in [0.1, 0.15) is 0 Å². The van der Waals surface area contributed by atoms with Gasteiger partial charge in [-0.2, -0.15) is 0 Å². The number of para-hydroxylation sites is 1. The average Bonchev–Trinajstić information content (AvgIpc) is 2.83. The highest BCUT2D eigenvalue weighted by atomic mass is 16.2. The van der Waals surface area contributed by atoms with Crippen LogP contribution >= 0.6 is 0 Å². The van der Waals surface area contributed by atoms with Crippen molar-refractivity contribution in [3.63, 3.8) is 0 Å². The third-order valence-electron chi connectivity index (χ3n) is 4.15. The molecule has 2 heterocycles. The van der Waals surface area contributed by atoms with Gasteiger partial charge in [-0.05, 0) is 13.0 Å². The van der Waals surface area contributed by atoms with Crippen LogP contribution in [0, 0.1) is 0 Å². The van der Waals surface area contributed by atoms with Crippen molar-refractivity contribution in [1.29, 1.82) is 0 Å². The summed E-state index contributed by atoms with van der Waals surface area (Å²) < 4.78 is 0. The van der Waals surface area contributed by atoms with E-state index in [0.29, 0.717) is 13.0 Å². The van der Waals surface area contributed by atoms with E-state index >= 15 is 0 Å². The number of rotatable bonds is 3. The Kier molecular flexibility index (Phi) is 3.41. The first-order valence-corrected chi connectivity index (χ1v) is 7.13. The van der Waals surface area contributed by atoms with Crippen LogP contribution in [0.3, 0.4) is 0 Å². The first kappa shape index (κ1) is 13.7. The summed E-state index contributed by atoms with van der Waals surface area (Å²) in [5.41, 5.74) is 3.54. The molecule has 0 fully saturated rings. The highest BCUT2D eigenvalue weighted by Gasteiger charge is 2.29. The van der Waals surface area contributed by atoms with Crippen molar-refractivity contribution in [3.05, 3.63) is 35.5 Å². The summed E-state index contributed by atoms with van der Waals surface area (Å²) in [4.78, 5) is 29.7. The number of carbonyl (C=O) groups is 2. The Morgan fingerprint density at radius 1 is 1.48 bits per heavy atom. The smallest absolute Gasteiger partial charge is 0.242 e. The summed E-state index contributed by atoms with van der Waals surface area (Å²) in [7, 11) is 1.62. The Balaban J connectivity index is 1.90. The number of carbonyl (C=O) groups excluding carboxylic acids is 2. The summed E-state index contributed by atoms with van der Waals surface area (Å²) in [6.07, 6.45) is 1.50. The van der Waals surface area contributed by atoms with Crippen LogP contribution in [0.1, 0.15) is 18.2 Å². The van der Waals surface area contributed by atoms with E-state index in [1.165, 1.54) is 21.5 Å². The number of aromatic nitrogens is 1. The second-order valence-corrected chi connectivity index (χ2v) is 5.72. The molecule has 3 rings (SSSR count). The first-order valence-electron chi connectivity index (χ1n) is 7.13. The Labute approximate surface area is 123 Å². The molecular formula is C16H19N3O2. The molecule has 0 unspecified atom stereocenters. The number of benzene rings is 1. The molecule has 0 bridgehead atoms. The van der Waals surface area contributed by atoms with Crippen molar-refractivity contribution in [1.82, 2.24) is 14.8 Å². The minimum absolute atomic E-state index is 0.00645. The van der Waals surface area contributed by atoms with Crippen molar-refractivity contribution in [2.75, 3.05) is 13.6 Å². The lowest BCUT2D eigenvalue weighted by molar-refractivity contribution is -0.137. The molecule has 21 heavy (non-hydrogen) atoms.